The van der Waals surface area contributed by atoms with Gasteiger partial charge in [0.1, 0.15) is 17.3 Å². The van der Waals surface area contributed by atoms with Crippen LogP contribution in [0.2, 0.25) is 0 Å². The van der Waals surface area contributed by atoms with Crippen LogP contribution in [0.5, 0.6) is 11.5 Å². The minimum atomic E-state index is -0.250. The van der Waals surface area contributed by atoms with Crippen LogP contribution in [-0.2, 0) is 4.79 Å². The van der Waals surface area contributed by atoms with Crippen molar-refractivity contribution in [1.29, 1.82) is 0 Å². The fourth-order valence-corrected chi connectivity index (χ4v) is 2.72. The molecule has 1 aliphatic carbocycles. The van der Waals surface area contributed by atoms with Gasteiger partial charge in [0.2, 0.25) is 0 Å². The zero-order chi connectivity index (χ0) is 13.3. The molecular formula is C15H20O3. The Morgan fingerprint density at radius 1 is 1.33 bits per heavy atom. The van der Waals surface area contributed by atoms with E-state index < -0.39 is 0 Å². The zero-order valence-electron chi connectivity index (χ0n) is 11.4. The molecule has 0 saturated heterocycles. The fraction of sp³-hybridized carbons (Fsp3) is 0.533. The summed E-state index contributed by atoms with van der Waals surface area (Å²) in [6.07, 6.45) is 1.46. The first kappa shape index (κ1) is 12.9. The van der Waals surface area contributed by atoms with Gasteiger partial charge in [-0.3, -0.25) is 4.79 Å². The van der Waals surface area contributed by atoms with Gasteiger partial charge in [0.05, 0.1) is 14.2 Å². The van der Waals surface area contributed by atoms with E-state index in [-0.39, 0.29) is 11.3 Å². The smallest absolute Gasteiger partial charge is 0.140 e. The maximum absolute atomic E-state index is 11.8. The van der Waals surface area contributed by atoms with Crippen molar-refractivity contribution in [2.45, 2.75) is 32.6 Å². The Balaban J connectivity index is 2.41. The van der Waals surface area contributed by atoms with Crippen molar-refractivity contribution in [3.8, 4) is 11.5 Å². The van der Waals surface area contributed by atoms with Gasteiger partial charge < -0.3 is 9.47 Å². The molecule has 0 N–H and O–H groups in total. The van der Waals surface area contributed by atoms with Crippen LogP contribution in [-0.4, -0.2) is 20.0 Å². The Bertz CT molecular complexity index is 467. The van der Waals surface area contributed by atoms with Crippen molar-refractivity contribution in [2.75, 3.05) is 14.2 Å². The highest BCUT2D eigenvalue weighted by Crippen LogP contribution is 2.54. The number of carbonyl (C=O) groups excluding carboxylic acids is 1. The minimum absolute atomic E-state index is 0.236. The summed E-state index contributed by atoms with van der Waals surface area (Å²) in [6, 6.07) is 5.78. The molecule has 0 radical (unpaired) electrons. The quantitative estimate of drug-likeness (QED) is 0.821. The van der Waals surface area contributed by atoms with E-state index in [1.165, 1.54) is 0 Å². The lowest BCUT2D eigenvalue weighted by Gasteiger charge is -2.45. The third-order valence-corrected chi connectivity index (χ3v) is 4.34. The number of hydrogen-bond donors (Lipinski definition) is 0. The molecule has 0 spiro atoms. The summed E-state index contributed by atoms with van der Waals surface area (Å²) in [5.41, 5.74) is 0.834. The lowest BCUT2D eigenvalue weighted by atomic mass is 9.56. The number of ether oxygens (including phenoxy) is 2. The first-order valence-corrected chi connectivity index (χ1v) is 6.32. The van der Waals surface area contributed by atoms with E-state index in [2.05, 4.69) is 6.92 Å². The molecule has 1 aromatic rings. The molecule has 2 rings (SSSR count). The Hall–Kier alpha value is -1.51. The second-order valence-electron chi connectivity index (χ2n) is 5.06. The van der Waals surface area contributed by atoms with Crippen LogP contribution in [0.1, 0.15) is 38.2 Å². The monoisotopic (exact) mass is 248 g/mol. The number of benzene rings is 1. The fourth-order valence-electron chi connectivity index (χ4n) is 2.72. The first-order valence-electron chi connectivity index (χ1n) is 6.32. The maximum atomic E-state index is 11.8. The highest BCUT2D eigenvalue weighted by Gasteiger charge is 2.51. The number of hydrogen-bond acceptors (Lipinski definition) is 3. The Morgan fingerprint density at radius 2 is 2.06 bits per heavy atom. The number of carbonyl (C=O) groups is 1. The van der Waals surface area contributed by atoms with Crippen molar-refractivity contribution in [2.24, 2.45) is 5.41 Å². The van der Waals surface area contributed by atoms with Gasteiger partial charge in [-0.1, -0.05) is 13.8 Å². The van der Waals surface area contributed by atoms with E-state index in [9.17, 15) is 4.79 Å². The average Bonchev–Trinajstić information content (AvgIpc) is 2.42. The van der Waals surface area contributed by atoms with Gasteiger partial charge in [-0.05, 0) is 24.6 Å². The molecule has 98 valence electrons. The van der Waals surface area contributed by atoms with Crippen LogP contribution in [0.4, 0.5) is 0 Å². The number of ketones is 1. The molecular weight excluding hydrogens is 228 g/mol. The summed E-state index contributed by atoms with van der Waals surface area (Å²) in [5, 5.41) is 0. The molecule has 0 bridgehead atoms. The van der Waals surface area contributed by atoms with E-state index in [1.54, 1.807) is 14.2 Å². The molecule has 3 nitrogen and oxygen atoms in total. The van der Waals surface area contributed by atoms with Gasteiger partial charge >= 0.3 is 0 Å². The van der Waals surface area contributed by atoms with E-state index >= 15 is 0 Å². The van der Waals surface area contributed by atoms with Gasteiger partial charge in [0.15, 0.2) is 0 Å². The molecule has 2 atom stereocenters. The Labute approximate surface area is 108 Å². The highest BCUT2D eigenvalue weighted by atomic mass is 16.5. The molecule has 0 amide bonds. The third kappa shape index (κ3) is 1.78. The van der Waals surface area contributed by atoms with E-state index in [4.69, 9.17) is 9.47 Å². The molecule has 3 heteroatoms. The molecule has 1 aromatic carbocycles. The lowest BCUT2D eigenvalue weighted by Crippen LogP contribution is -2.45. The normalized spacial score (nSPS) is 26.7. The van der Waals surface area contributed by atoms with E-state index in [1.807, 2.05) is 25.1 Å². The zero-order valence-corrected chi connectivity index (χ0v) is 11.4. The largest absolute Gasteiger partial charge is 0.497 e. The van der Waals surface area contributed by atoms with Crippen molar-refractivity contribution in [3.63, 3.8) is 0 Å². The summed E-state index contributed by atoms with van der Waals surface area (Å²) in [7, 11) is 3.31. The van der Waals surface area contributed by atoms with Crippen LogP contribution in [0.3, 0.4) is 0 Å². The van der Waals surface area contributed by atoms with Crippen LogP contribution >= 0.6 is 0 Å². The SMILES string of the molecule is CCC1(C)C(=O)CC1c1cc(OC)ccc1OC. The summed E-state index contributed by atoms with van der Waals surface area (Å²) < 4.78 is 10.7. The summed E-state index contributed by atoms with van der Waals surface area (Å²) in [5.74, 6) is 2.23. The summed E-state index contributed by atoms with van der Waals surface area (Å²) >= 11 is 0. The van der Waals surface area contributed by atoms with Gasteiger partial charge in [-0.2, -0.15) is 0 Å². The van der Waals surface area contributed by atoms with Crippen molar-refractivity contribution >= 4 is 5.78 Å². The van der Waals surface area contributed by atoms with Gasteiger partial charge in [-0.25, -0.2) is 0 Å². The maximum Gasteiger partial charge on any atom is 0.140 e. The van der Waals surface area contributed by atoms with Crippen molar-refractivity contribution < 1.29 is 14.3 Å². The molecule has 18 heavy (non-hydrogen) atoms. The van der Waals surface area contributed by atoms with Crippen LogP contribution < -0.4 is 9.47 Å². The van der Waals surface area contributed by atoms with Gasteiger partial charge in [-0.15, -0.1) is 0 Å². The Morgan fingerprint density at radius 3 is 2.56 bits per heavy atom. The predicted octanol–water partition coefficient (Wildman–Crippen LogP) is 3.18. The highest BCUT2D eigenvalue weighted by molar-refractivity contribution is 5.93. The lowest BCUT2D eigenvalue weighted by molar-refractivity contribution is -0.139. The van der Waals surface area contributed by atoms with Crippen molar-refractivity contribution in [3.05, 3.63) is 23.8 Å². The predicted molar refractivity (Wildman–Crippen MR) is 70.3 cm³/mol. The molecule has 1 fully saturated rings. The first-order chi connectivity index (χ1) is 8.56. The molecule has 0 aromatic heterocycles. The molecule has 1 aliphatic rings. The number of Topliss-reactive ketones (excluding diaryl/α,β-unsaturated/α-hetero) is 1. The van der Waals surface area contributed by atoms with E-state index in [0.29, 0.717) is 12.2 Å². The number of methoxy groups -OCH3 is 2. The molecule has 0 heterocycles. The van der Waals surface area contributed by atoms with Gasteiger partial charge in [0, 0.05) is 23.3 Å². The summed E-state index contributed by atoms with van der Waals surface area (Å²) in [6.45, 7) is 4.11. The van der Waals surface area contributed by atoms with Crippen LogP contribution in [0.15, 0.2) is 18.2 Å². The average molecular weight is 248 g/mol. The standard InChI is InChI=1S/C15H20O3/c1-5-15(2)12(9-14(15)16)11-8-10(17-3)6-7-13(11)18-4/h6-8,12H,5,9H2,1-4H3. The van der Waals surface area contributed by atoms with Crippen LogP contribution in [0.25, 0.3) is 0 Å². The minimum Gasteiger partial charge on any atom is -0.497 e. The van der Waals surface area contributed by atoms with E-state index in [0.717, 1.165) is 23.5 Å². The topological polar surface area (TPSA) is 35.5 Å². The second kappa shape index (κ2) is 4.63. The Kier molecular flexibility index (Phi) is 3.33. The molecule has 1 saturated carbocycles. The summed E-state index contributed by atoms with van der Waals surface area (Å²) in [4.78, 5) is 11.8. The number of rotatable bonds is 4. The second-order valence-corrected chi connectivity index (χ2v) is 5.06. The van der Waals surface area contributed by atoms with Gasteiger partial charge in [0.25, 0.3) is 0 Å². The van der Waals surface area contributed by atoms with Crippen molar-refractivity contribution in [1.82, 2.24) is 0 Å². The third-order valence-electron chi connectivity index (χ3n) is 4.34. The molecule has 0 aliphatic heterocycles. The van der Waals surface area contributed by atoms with Crippen LogP contribution in [0, 0.1) is 5.41 Å². The molecule has 2 unspecified atom stereocenters.